The molecule has 3 atom stereocenters. The van der Waals surface area contributed by atoms with E-state index in [4.69, 9.17) is 0 Å². The van der Waals surface area contributed by atoms with Crippen LogP contribution in [0, 0.1) is 5.92 Å². The van der Waals surface area contributed by atoms with Crippen molar-refractivity contribution in [2.24, 2.45) is 5.92 Å². The summed E-state index contributed by atoms with van der Waals surface area (Å²) in [5.74, 6) is -0.108. The van der Waals surface area contributed by atoms with E-state index in [-0.39, 0.29) is 23.9 Å². The number of hydrogen-bond acceptors (Lipinski definition) is 3. The number of likely N-dealkylation sites (tertiary alicyclic amines) is 1. The first kappa shape index (κ1) is 13.1. The van der Waals surface area contributed by atoms with Gasteiger partial charge in [-0.05, 0) is 19.0 Å². The van der Waals surface area contributed by atoms with Gasteiger partial charge in [0, 0.05) is 18.5 Å². The summed E-state index contributed by atoms with van der Waals surface area (Å²) in [5.41, 5.74) is 0.402. The summed E-state index contributed by atoms with van der Waals surface area (Å²) in [6.07, 6.45) is 0.603. The smallest absolute Gasteiger partial charge is 0.322 e. The van der Waals surface area contributed by atoms with Crippen LogP contribution in [0.4, 0.5) is 4.79 Å². The van der Waals surface area contributed by atoms with Crippen LogP contribution in [0.1, 0.15) is 24.9 Å². The quantitative estimate of drug-likeness (QED) is 0.758. The van der Waals surface area contributed by atoms with Crippen LogP contribution in [0.15, 0.2) is 30.3 Å². The molecule has 1 aromatic carbocycles. The van der Waals surface area contributed by atoms with E-state index in [1.54, 1.807) is 0 Å². The van der Waals surface area contributed by atoms with Crippen molar-refractivity contribution >= 4 is 11.9 Å². The van der Waals surface area contributed by atoms with Gasteiger partial charge in [0.05, 0.1) is 0 Å². The van der Waals surface area contributed by atoms with E-state index in [0.29, 0.717) is 6.42 Å². The molecule has 2 aliphatic rings. The molecule has 0 aliphatic carbocycles. The van der Waals surface area contributed by atoms with Crippen molar-refractivity contribution in [1.29, 1.82) is 0 Å². The minimum Gasteiger partial charge on any atom is -0.323 e. The second kappa shape index (κ2) is 4.59. The molecule has 2 heterocycles. The summed E-state index contributed by atoms with van der Waals surface area (Å²) in [6, 6.07) is 9.88. The van der Waals surface area contributed by atoms with E-state index < -0.39 is 5.54 Å². The minimum absolute atomic E-state index is 0.0823. The maximum Gasteiger partial charge on any atom is 0.322 e. The highest BCUT2D eigenvalue weighted by molar-refractivity contribution is 6.07. The summed E-state index contributed by atoms with van der Waals surface area (Å²) >= 11 is 0. The van der Waals surface area contributed by atoms with Gasteiger partial charge in [-0.3, -0.25) is 15.0 Å². The van der Waals surface area contributed by atoms with Crippen LogP contribution >= 0.6 is 0 Å². The number of urea groups is 1. The molecule has 5 heteroatoms. The average Bonchev–Trinajstić information content (AvgIpc) is 2.71. The lowest BCUT2D eigenvalue weighted by atomic mass is 9.74. The highest BCUT2D eigenvalue weighted by Gasteiger charge is 2.54. The summed E-state index contributed by atoms with van der Waals surface area (Å²) < 4.78 is 0. The maximum atomic E-state index is 12.2. The normalized spacial score (nSPS) is 34.1. The van der Waals surface area contributed by atoms with Crippen LogP contribution in [-0.4, -0.2) is 36.0 Å². The zero-order chi connectivity index (χ0) is 14.3. The van der Waals surface area contributed by atoms with Crippen LogP contribution < -0.4 is 10.6 Å². The molecule has 1 spiro atoms. The Balaban J connectivity index is 1.95. The average molecular weight is 273 g/mol. The Kier molecular flexibility index (Phi) is 3.01. The van der Waals surface area contributed by atoms with Crippen LogP contribution in [0.5, 0.6) is 0 Å². The van der Waals surface area contributed by atoms with Crippen LogP contribution in [0.25, 0.3) is 0 Å². The third-order valence-electron chi connectivity index (χ3n) is 4.60. The van der Waals surface area contributed by atoms with Crippen molar-refractivity contribution in [3.05, 3.63) is 35.9 Å². The van der Waals surface area contributed by atoms with Crippen molar-refractivity contribution in [2.75, 3.05) is 13.6 Å². The fourth-order valence-corrected chi connectivity index (χ4v) is 3.42. The van der Waals surface area contributed by atoms with Gasteiger partial charge < -0.3 is 5.32 Å². The first-order valence-corrected chi connectivity index (χ1v) is 6.92. The van der Waals surface area contributed by atoms with Gasteiger partial charge >= 0.3 is 6.03 Å². The van der Waals surface area contributed by atoms with Gasteiger partial charge in [-0.1, -0.05) is 37.3 Å². The molecule has 0 unspecified atom stereocenters. The van der Waals surface area contributed by atoms with E-state index in [1.807, 2.05) is 25.1 Å². The number of carbonyl (C=O) groups is 2. The molecule has 3 rings (SSSR count). The highest BCUT2D eigenvalue weighted by atomic mass is 16.2. The molecule has 2 aliphatic heterocycles. The Labute approximate surface area is 118 Å². The SMILES string of the molecule is C[C@@H]1CN(C)[C@@H](c2ccccc2)C[C@@]12NC(=O)NC2=O. The Hall–Kier alpha value is -1.88. The van der Waals surface area contributed by atoms with Gasteiger partial charge in [0.25, 0.3) is 5.91 Å². The Morgan fingerprint density at radius 2 is 1.95 bits per heavy atom. The van der Waals surface area contributed by atoms with Gasteiger partial charge in [0.15, 0.2) is 0 Å². The second-order valence-electron chi connectivity index (χ2n) is 5.85. The predicted octanol–water partition coefficient (Wildman–Crippen LogP) is 1.28. The van der Waals surface area contributed by atoms with Gasteiger partial charge in [-0.2, -0.15) is 0 Å². The molecule has 0 bridgehead atoms. The molecule has 2 N–H and O–H groups in total. The zero-order valence-corrected chi connectivity index (χ0v) is 11.7. The van der Waals surface area contributed by atoms with Crippen molar-refractivity contribution in [3.63, 3.8) is 0 Å². The fourth-order valence-electron chi connectivity index (χ4n) is 3.42. The molecule has 106 valence electrons. The Morgan fingerprint density at radius 3 is 2.55 bits per heavy atom. The monoisotopic (exact) mass is 273 g/mol. The second-order valence-corrected chi connectivity index (χ2v) is 5.85. The summed E-state index contributed by atoms with van der Waals surface area (Å²) in [7, 11) is 2.07. The third-order valence-corrected chi connectivity index (χ3v) is 4.60. The molecule has 0 radical (unpaired) electrons. The minimum atomic E-state index is -0.774. The fraction of sp³-hybridized carbons (Fsp3) is 0.467. The van der Waals surface area contributed by atoms with Crippen molar-refractivity contribution in [3.8, 4) is 0 Å². The third kappa shape index (κ3) is 1.89. The zero-order valence-electron chi connectivity index (χ0n) is 11.7. The first-order valence-electron chi connectivity index (χ1n) is 6.92. The number of nitrogens with zero attached hydrogens (tertiary/aromatic N) is 1. The molecule has 1 aromatic rings. The van der Waals surface area contributed by atoms with Crippen molar-refractivity contribution < 1.29 is 9.59 Å². The summed E-state index contributed by atoms with van der Waals surface area (Å²) in [4.78, 5) is 26.0. The molecule has 20 heavy (non-hydrogen) atoms. The van der Waals surface area contributed by atoms with Crippen LogP contribution in [-0.2, 0) is 4.79 Å². The van der Waals surface area contributed by atoms with Crippen molar-refractivity contribution in [1.82, 2.24) is 15.5 Å². The van der Waals surface area contributed by atoms with E-state index >= 15 is 0 Å². The van der Waals surface area contributed by atoms with E-state index in [2.05, 4.69) is 34.7 Å². The van der Waals surface area contributed by atoms with Crippen LogP contribution in [0.3, 0.4) is 0 Å². The highest BCUT2D eigenvalue weighted by Crippen LogP contribution is 2.40. The number of rotatable bonds is 1. The molecule has 0 saturated carbocycles. The lowest BCUT2D eigenvalue weighted by molar-refractivity contribution is -0.128. The topological polar surface area (TPSA) is 61.4 Å². The molecule has 2 fully saturated rings. The molecule has 2 saturated heterocycles. The number of nitrogens with one attached hydrogen (secondary N) is 2. The number of amides is 3. The number of benzene rings is 1. The first-order chi connectivity index (χ1) is 9.53. The number of hydrogen-bond donors (Lipinski definition) is 2. The van der Waals surface area contributed by atoms with Gasteiger partial charge in [-0.25, -0.2) is 4.79 Å². The predicted molar refractivity (Wildman–Crippen MR) is 75.0 cm³/mol. The lowest BCUT2D eigenvalue weighted by Crippen LogP contribution is -2.60. The summed E-state index contributed by atoms with van der Waals surface area (Å²) in [6.45, 7) is 2.79. The molecule has 3 amide bonds. The van der Waals surface area contributed by atoms with Gasteiger partial charge in [0.1, 0.15) is 5.54 Å². The van der Waals surface area contributed by atoms with Crippen molar-refractivity contribution in [2.45, 2.75) is 24.9 Å². The molecule has 0 aromatic heterocycles. The summed E-state index contributed by atoms with van der Waals surface area (Å²) in [5, 5.41) is 5.25. The molecular formula is C15H19N3O2. The largest absolute Gasteiger partial charge is 0.323 e. The van der Waals surface area contributed by atoms with E-state index in [1.165, 1.54) is 5.56 Å². The number of carbonyl (C=O) groups excluding carboxylic acids is 2. The number of imide groups is 1. The molecule has 5 nitrogen and oxygen atoms in total. The maximum absolute atomic E-state index is 12.2. The molecular weight excluding hydrogens is 254 g/mol. The Bertz CT molecular complexity index is 545. The lowest BCUT2D eigenvalue weighted by Gasteiger charge is -2.46. The number of piperidine rings is 1. The van der Waals surface area contributed by atoms with Gasteiger partial charge in [0.2, 0.25) is 0 Å². The standard InChI is InChI=1S/C15H19N3O2/c1-10-9-18(2)12(11-6-4-3-5-7-11)8-15(10)13(19)16-14(20)17-15/h3-7,10,12H,8-9H2,1-2H3,(H2,16,17,19,20)/t10-,12-,15-/m1/s1. The van der Waals surface area contributed by atoms with Gasteiger partial charge in [-0.15, -0.1) is 0 Å². The van der Waals surface area contributed by atoms with E-state index in [9.17, 15) is 9.59 Å². The Morgan fingerprint density at radius 1 is 1.25 bits per heavy atom. The van der Waals surface area contributed by atoms with Crippen LogP contribution in [0.2, 0.25) is 0 Å². The van der Waals surface area contributed by atoms with E-state index in [0.717, 1.165) is 6.54 Å².